The lowest BCUT2D eigenvalue weighted by Crippen LogP contribution is -2.29. The molecular formula is C13H18FNO3. The highest BCUT2D eigenvalue weighted by Crippen LogP contribution is 2.06. The molecule has 0 bridgehead atoms. The predicted molar refractivity (Wildman–Crippen MR) is 65.3 cm³/mol. The van der Waals surface area contributed by atoms with Crippen molar-refractivity contribution in [2.75, 3.05) is 6.61 Å². The van der Waals surface area contributed by atoms with Gasteiger partial charge in [0.1, 0.15) is 12.4 Å². The van der Waals surface area contributed by atoms with E-state index in [2.05, 4.69) is 5.48 Å². The second kappa shape index (κ2) is 7.08. The zero-order chi connectivity index (χ0) is 13.5. The van der Waals surface area contributed by atoms with Gasteiger partial charge in [0.25, 0.3) is 5.91 Å². The van der Waals surface area contributed by atoms with Crippen LogP contribution in [0.3, 0.4) is 0 Å². The molecule has 0 saturated heterocycles. The first-order chi connectivity index (χ1) is 8.50. The molecule has 1 aromatic carbocycles. The van der Waals surface area contributed by atoms with Crippen LogP contribution in [0.2, 0.25) is 0 Å². The molecule has 2 N–H and O–H groups in total. The molecule has 5 heteroatoms. The Balaban J connectivity index is 2.36. The third-order valence-corrected chi connectivity index (χ3v) is 2.30. The van der Waals surface area contributed by atoms with Crippen molar-refractivity contribution in [1.29, 1.82) is 0 Å². The quantitative estimate of drug-likeness (QED) is 0.763. The van der Waals surface area contributed by atoms with Crippen LogP contribution in [0.25, 0.3) is 0 Å². The van der Waals surface area contributed by atoms with E-state index in [1.54, 1.807) is 6.07 Å². The van der Waals surface area contributed by atoms with Crippen LogP contribution in [0.1, 0.15) is 30.6 Å². The van der Waals surface area contributed by atoms with Crippen molar-refractivity contribution in [2.45, 2.75) is 26.4 Å². The number of hydrogen-bond donors (Lipinski definition) is 2. The van der Waals surface area contributed by atoms with Gasteiger partial charge in [0.05, 0.1) is 11.7 Å². The molecule has 1 amide bonds. The van der Waals surface area contributed by atoms with Crippen molar-refractivity contribution in [3.63, 3.8) is 0 Å². The van der Waals surface area contributed by atoms with Gasteiger partial charge in [0.15, 0.2) is 0 Å². The zero-order valence-corrected chi connectivity index (χ0v) is 10.5. The number of aliphatic hydroxyl groups excluding tert-OH is 1. The minimum atomic E-state index is -0.662. The van der Waals surface area contributed by atoms with Gasteiger partial charge in [0, 0.05) is 0 Å². The van der Waals surface area contributed by atoms with Gasteiger partial charge in [0.2, 0.25) is 0 Å². The van der Waals surface area contributed by atoms with Gasteiger partial charge in [-0.15, -0.1) is 0 Å². The van der Waals surface area contributed by atoms with Crippen molar-refractivity contribution >= 4 is 5.91 Å². The van der Waals surface area contributed by atoms with Crippen molar-refractivity contribution in [1.82, 2.24) is 5.48 Å². The average molecular weight is 255 g/mol. The van der Waals surface area contributed by atoms with E-state index in [9.17, 15) is 14.3 Å². The van der Waals surface area contributed by atoms with E-state index in [1.807, 2.05) is 13.8 Å². The summed E-state index contributed by atoms with van der Waals surface area (Å²) in [5.74, 6) is -0.933. The number of rotatable bonds is 6. The number of nitrogens with one attached hydrogen (secondary N) is 1. The molecule has 18 heavy (non-hydrogen) atoms. The number of amides is 1. The van der Waals surface area contributed by atoms with Gasteiger partial charge >= 0.3 is 0 Å². The molecule has 0 aromatic heterocycles. The van der Waals surface area contributed by atoms with Crippen LogP contribution in [0, 0.1) is 11.7 Å². The molecule has 1 aromatic rings. The third-order valence-electron chi connectivity index (χ3n) is 2.30. The van der Waals surface area contributed by atoms with Crippen LogP contribution in [-0.2, 0) is 4.84 Å². The summed E-state index contributed by atoms with van der Waals surface area (Å²) in [6.07, 6.45) is -0.0684. The van der Waals surface area contributed by atoms with Crippen molar-refractivity contribution < 1.29 is 19.1 Å². The lowest BCUT2D eigenvalue weighted by atomic mass is 10.1. The summed E-state index contributed by atoms with van der Waals surface area (Å²) in [5, 5.41) is 9.51. The molecule has 0 aliphatic rings. The van der Waals surface area contributed by atoms with Crippen LogP contribution >= 0.6 is 0 Å². The smallest absolute Gasteiger partial charge is 0.277 e. The van der Waals surface area contributed by atoms with Gasteiger partial charge in [-0.25, -0.2) is 9.87 Å². The molecule has 1 unspecified atom stereocenters. The molecule has 4 nitrogen and oxygen atoms in total. The van der Waals surface area contributed by atoms with Crippen LogP contribution < -0.4 is 5.48 Å². The van der Waals surface area contributed by atoms with Crippen LogP contribution in [0.4, 0.5) is 4.39 Å². The Morgan fingerprint density at radius 3 is 2.72 bits per heavy atom. The Kier molecular flexibility index (Phi) is 5.74. The first-order valence-corrected chi connectivity index (χ1v) is 5.85. The summed E-state index contributed by atoms with van der Waals surface area (Å²) in [6, 6.07) is 5.62. The van der Waals surface area contributed by atoms with Crippen molar-refractivity contribution in [3.05, 3.63) is 35.6 Å². The Morgan fingerprint density at radius 1 is 1.44 bits per heavy atom. The summed E-state index contributed by atoms with van der Waals surface area (Å²) in [4.78, 5) is 16.4. The molecule has 0 aliphatic carbocycles. The highest BCUT2D eigenvalue weighted by atomic mass is 19.1. The van der Waals surface area contributed by atoms with E-state index in [1.165, 1.54) is 18.2 Å². The standard InChI is InChI=1S/C13H18FNO3/c1-9(2)7-10(16)8-18-15-13(17)11-5-3-4-6-12(11)14/h3-6,9-10,16H,7-8H2,1-2H3,(H,15,17). The highest BCUT2D eigenvalue weighted by molar-refractivity contribution is 5.93. The van der Waals surface area contributed by atoms with Crippen LogP contribution in [-0.4, -0.2) is 23.7 Å². The van der Waals surface area contributed by atoms with Gasteiger partial charge in [-0.05, 0) is 24.5 Å². The molecule has 0 saturated carbocycles. The van der Waals surface area contributed by atoms with Crippen molar-refractivity contribution in [2.24, 2.45) is 5.92 Å². The van der Waals surface area contributed by atoms with Gasteiger partial charge < -0.3 is 5.11 Å². The monoisotopic (exact) mass is 255 g/mol. The van der Waals surface area contributed by atoms with E-state index in [0.717, 1.165) is 0 Å². The summed E-state index contributed by atoms with van der Waals surface area (Å²) >= 11 is 0. The second-order valence-corrected chi connectivity index (χ2v) is 4.51. The fraction of sp³-hybridized carbons (Fsp3) is 0.462. The molecule has 0 heterocycles. The van der Waals surface area contributed by atoms with Gasteiger partial charge in [-0.3, -0.25) is 9.63 Å². The Morgan fingerprint density at radius 2 is 2.11 bits per heavy atom. The minimum Gasteiger partial charge on any atom is -0.391 e. The largest absolute Gasteiger partial charge is 0.391 e. The zero-order valence-electron chi connectivity index (χ0n) is 10.5. The minimum absolute atomic E-state index is 0.0155. The fourth-order valence-electron chi connectivity index (χ4n) is 1.52. The molecule has 100 valence electrons. The number of benzene rings is 1. The number of hydroxylamine groups is 1. The molecule has 1 rings (SSSR count). The fourth-order valence-corrected chi connectivity index (χ4v) is 1.52. The Hall–Kier alpha value is -1.46. The van der Waals surface area contributed by atoms with Crippen molar-refractivity contribution in [3.8, 4) is 0 Å². The normalized spacial score (nSPS) is 12.5. The number of hydrogen-bond acceptors (Lipinski definition) is 3. The summed E-state index contributed by atoms with van der Waals surface area (Å²) in [6.45, 7) is 3.93. The molecular weight excluding hydrogens is 237 g/mol. The maximum absolute atomic E-state index is 13.2. The molecule has 0 radical (unpaired) electrons. The average Bonchev–Trinajstić information content (AvgIpc) is 2.28. The molecule has 0 fully saturated rings. The van der Waals surface area contributed by atoms with E-state index in [0.29, 0.717) is 12.3 Å². The molecule has 0 aliphatic heterocycles. The van der Waals surface area contributed by atoms with E-state index >= 15 is 0 Å². The first kappa shape index (κ1) is 14.6. The predicted octanol–water partition coefficient (Wildman–Crippen LogP) is 1.89. The number of aliphatic hydroxyl groups is 1. The number of halogens is 1. The van der Waals surface area contributed by atoms with Crippen LogP contribution in [0.15, 0.2) is 24.3 Å². The summed E-state index contributed by atoms with van der Waals surface area (Å²) in [5.41, 5.74) is 2.02. The molecule has 0 spiro atoms. The molecule has 1 atom stereocenters. The lowest BCUT2D eigenvalue weighted by Gasteiger charge is -2.13. The highest BCUT2D eigenvalue weighted by Gasteiger charge is 2.12. The second-order valence-electron chi connectivity index (χ2n) is 4.51. The Labute approximate surface area is 106 Å². The number of carbonyl (C=O) groups excluding carboxylic acids is 1. The van der Waals surface area contributed by atoms with E-state index < -0.39 is 17.8 Å². The van der Waals surface area contributed by atoms with Crippen LogP contribution in [0.5, 0.6) is 0 Å². The maximum atomic E-state index is 13.2. The third kappa shape index (κ3) is 4.81. The SMILES string of the molecule is CC(C)CC(O)CONC(=O)c1ccccc1F. The van der Waals surface area contributed by atoms with E-state index in [4.69, 9.17) is 4.84 Å². The van der Waals surface area contributed by atoms with Gasteiger partial charge in [-0.2, -0.15) is 0 Å². The topological polar surface area (TPSA) is 58.6 Å². The summed E-state index contributed by atoms with van der Waals surface area (Å²) in [7, 11) is 0. The number of carbonyl (C=O) groups is 1. The lowest BCUT2D eigenvalue weighted by molar-refractivity contribution is -0.0183. The maximum Gasteiger partial charge on any atom is 0.277 e. The first-order valence-electron chi connectivity index (χ1n) is 5.85. The summed E-state index contributed by atoms with van der Waals surface area (Å²) < 4.78 is 13.2. The Bertz CT molecular complexity index is 396. The van der Waals surface area contributed by atoms with Gasteiger partial charge in [-0.1, -0.05) is 26.0 Å². The van der Waals surface area contributed by atoms with E-state index in [-0.39, 0.29) is 12.2 Å².